The molecule has 0 amide bonds. The lowest BCUT2D eigenvalue weighted by Gasteiger charge is -2.12. The second-order valence-electron chi connectivity index (χ2n) is 3.87. The van der Waals surface area contributed by atoms with Gasteiger partial charge in [-0.15, -0.1) is 0 Å². The molecule has 2 aromatic rings. The molecule has 0 aromatic heterocycles. The van der Waals surface area contributed by atoms with E-state index in [0.29, 0.717) is 0 Å². The average Bonchev–Trinajstić information content (AvgIpc) is 2.45. The number of methoxy groups -OCH3 is 1. The fourth-order valence-corrected chi connectivity index (χ4v) is 1.61. The van der Waals surface area contributed by atoms with Crippen LogP contribution in [0.4, 0.5) is 14.5 Å². The topological polar surface area (TPSA) is 61.5 Å². The summed E-state index contributed by atoms with van der Waals surface area (Å²) in [7, 11) is 1.19. The van der Waals surface area contributed by atoms with E-state index in [-0.39, 0.29) is 22.7 Å². The summed E-state index contributed by atoms with van der Waals surface area (Å²) in [6.45, 7) is 0. The van der Waals surface area contributed by atoms with Crippen LogP contribution in [0.25, 0.3) is 0 Å². The SMILES string of the molecule is COC(=O)c1cccc(N)c1Oc1cccc(F)c1F. The molecule has 4 nitrogen and oxygen atoms in total. The van der Waals surface area contributed by atoms with Crippen molar-refractivity contribution < 1.29 is 23.0 Å². The number of hydrogen-bond donors (Lipinski definition) is 1. The summed E-state index contributed by atoms with van der Waals surface area (Å²) in [5.74, 6) is -3.36. The number of carbonyl (C=O) groups excluding carboxylic acids is 1. The van der Waals surface area contributed by atoms with Crippen molar-refractivity contribution in [1.82, 2.24) is 0 Å². The first-order valence-electron chi connectivity index (χ1n) is 5.63. The zero-order valence-corrected chi connectivity index (χ0v) is 10.5. The van der Waals surface area contributed by atoms with E-state index in [0.717, 1.165) is 6.07 Å². The number of anilines is 1. The maximum Gasteiger partial charge on any atom is 0.341 e. The predicted octanol–water partition coefficient (Wildman–Crippen LogP) is 3.13. The van der Waals surface area contributed by atoms with Gasteiger partial charge in [-0.25, -0.2) is 9.18 Å². The smallest absolute Gasteiger partial charge is 0.341 e. The number of carbonyl (C=O) groups is 1. The van der Waals surface area contributed by atoms with Gasteiger partial charge >= 0.3 is 5.97 Å². The van der Waals surface area contributed by atoms with Crippen molar-refractivity contribution in [2.75, 3.05) is 12.8 Å². The fourth-order valence-electron chi connectivity index (χ4n) is 1.61. The molecule has 0 atom stereocenters. The van der Waals surface area contributed by atoms with E-state index in [1.54, 1.807) is 0 Å². The highest BCUT2D eigenvalue weighted by Crippen LogP contribution is 2.33. The molecule has 2 rings (SSSR count). The number of para-hydroxylation sites is 1. The minimum absolute atomic E-state index is 0.0242. The molecule has 0 spiro atoms. The third-order valence-electron chi connectivity index (χ3n) is 2.58. The Hall–Kier alpha value is -2.63. The predicted molar refractivity (Wildman–Crippen MR) is 68.6 cm³/mol. The van der Waals surface area contributed by atoms with Crippen LogP contribution in [-0.4, -0.2) is 13.1 Å². The van der Waals surface area contributed by atoms with E-state index >= 15 is 0 Å². The number of halogens is 2. The van der Waals surface area contributed by atoms with Crippen LogP contribution in [0.3, 0.4) is 0 Å². The quantitative estimate of drug-likeness (QED) is 0.692. The monoisotopic (exact) mass is 279 g/mol. The van der Waals surface area contributed by atoms with Gasteiger partial charge in [0.05, 0.1) is 12.8 Å². The zero-order valence-electron chi connectivity index (χ0n) is 10.5. The van der Waals surface area contributed by atoms with Crippen LogP contribution < -0.4 is 10.5 Å². The molecule has 0 bridgehead atoms. The third-order valence-corrected chi connectivity index (χ3v) is 2.58. The maximum atomic E-state index is 13.6. The van der Waals surface area contributed by atoms with Crippen molar-refractivity contribution in [3.8, 4) is 11.5 Å². The first-order valence-corrected chi connectivity index (χ1v) is 5.63. The van der Waals surface area contributed by atoms with Crippen molar-refractivity contribution in [3.63, 3.8) is 0 Å². The van der Waals surface area contributed by atoms with Gasteiger partial charge in [0.15, 0.2) is 17.3 Å². The molecule has 2 aromatic carbocycles. The number of nitrogens with two attached hydrogens (primary N) is 1. The first-order chi connectivity index (χ1) is 9.54. The Morgan fingerprint density at radius 3 is 2.55 bits per heavy atom. The molecule has 0 radical (unpaired) electrons. The molecule has 2 N–H and O–H groups in total. The molecule has 0 saturated carbocycles. The lowest BCUT2D eigenvalue weighted by molar-refractivity contribution is 0.0598. The van der Waals surface area contributed by atoms with Crippen molar-refractivity contribution in [3.05, 3.63) is 53.6 Å². The molecule has 0 unspecified atom stereocenters. The molecule has 0 saturated heterocycles. The van der Waals surface area contributed by atoms with Gasteiger partial charge in [0, 0.05) is 0 Å². The van der Waals surface area contributed by atoms with Crippen molar-refractivity contribution in [2.45, 2.75) is 0 Å². The number of hydrogen-bond acceptors (Lipinski definition) is 4. The number of rotatable bonds is 3. The highest BCUT2D eigenvalue weighted by Gasteiger charge is 2.18. The molecule has 0 aliphatic heterocycles. The van der Waals surface area contributed by atoms with Gasteiger partial charge in [-0.1, -0.05) is 12.1 Å². The van der Waals surface area contributed by atoms with Crippen molar-refractivity contribution in [2.24, 2.45) is 0 Å². The van der Waals surface area contributed by atoms with Gasteiger partial charge in [-0.3, -0.25) is 0 Å². The largest absolute Gasteiger partial charge is 0.465 e. The summed E-state index contributed by atoms with van der Waals surface area (Å²) in [6.07, 6.45) is 0. The van der Waals surface area contributed by atoms with E-state index < -0.39 is 17.6 Å². The Bertz CT molecular complexity index is 659. The Morgan fingerprint density at radius 2 is 1.85 bits per heavy atom. The van der Waals surface area contributed by atoms with Crippen LogP contribution >= 0.6 is 0 Å². The van der Waals surface area contributed by atoms with E-state index in [4.69, 9.17) is 10.5 Å². The number of esters is 1. The second-order valence-corrected chi connectivity index (χ2v) is 3.87. The summed E-state index contributed by atoms with van der Waals surface area (Å²) in [6, 6.07) is 7.87. The lowest BCUT2D eigenvalue weighted by atomic mass is 10.1. The van der Waals surface area contributed by atoms with Crippen LogP contribution in [0, 0.1) is 11.6 Å². The van der Waals surface area contributed by atoms with Gasteiger partial charge < -0.3 is 15.2 Å². The minimum atomic E-state index is -1.16. The number of benzene rings is 2. The van der Waals surface area contributed by atoms with Crippen molar-refractivity contribution in [1.29, 1.82) is 0 Å². The second kappa shape index (κ2) is 5.56. The zero-order chi connectivity index (χ0) is 14.7. The lowest BCUT2D eigenvalue weighted by Crippen LogP contribution is -2.06. The summed E-state index contributed by atoms with van der Waals surface area (Å²) in [4.78, 5) is 11.6. The van der Waals surface area contributed by atoms with Gasteiger partial charge in [0.2, 0.25) is 5.82 Å². The van der Waals surface area contributed by atoms with E-state index in [9.17, 15) is 13.6 Å². The van der Waals surface area contributed by atoms with E-state index in [1.165, 1.54) is 37.4 Å². The van der Waals surface area contributed by atoms with Gasteiger partial charge in [-0.2, -0.15) is 4.39 Å². The summed E-state index contributed by atoms with van der Waals surface area (Å²) in [5.41, 5.74) is 5.83. The fraction of sp³-hybridized carbons (Fsp3) is 0.0714. The molecule has 20 heavy (non-hydrogen) atoms. The van der Waals surface area contributed by atoms with Crippen LogP contribution in [0.1, 0.15) is 10.4 Å². The molecule has 0 aliphatic carbocycles. The molecule has 0 aliphatic rings. The van der Waals surface area contributed by atoms with Crippen molar-refractivity contribution >= 4 is 11.7 Å². The van der Waals surface area contributed by atoms with Crippen LogP contribution in [0.15, 0.2) is 36.4 Å². The molecule has 0 fully saturated rings. The molecular formula is C14H11F2NO3. The van der Waals surface area contributed by atoms with Crippen LogP contribution in [-0.2, 0) is 4.74 Å². The number of nitrogen functional groups attached to an aromatic ring is 1. The maximum absolute atomic E-state index is 13.6. The van der Waals surface area contributed by atoms with E-state index in [2.05, 4.69) is 4.74 Å². The van der Waals surface area contributed by atoms with Gasteiger partial charge in [0.25, 0.3) is 0 Å². The third kappa shape index (κ3) is 2.54. The Morgan fingerprint density at radius 1 is 1.15 bits per heavy atom. The standard InChI is InChI=1S/C14H11F2NO3/c1-19-14(18)8-4-2-6-10(17)13(8)20-11-7-3-5-9(15)12(11)16/h2-7H,17H2,1H3. The highest BCUT2D eigenvalue weighted by molar-refractivity contribution is 5.94. The Labute approximate surface area is 113 Å². The average molecular weight is 279 g/mol. The Balaban J connectivity index is 2.48. The highest BCUT2D eigenvalue weighted by atomic mass is 19.2. The molecule has 6 heteroatoms. The van der Waals surface area contributed by atoms with Crippen LogP contribution in [0.2, 0.25) is 0 Å². The molecule has 0 heterocycles. The normalized spacial score (nSPS) is 10.2. The molecule has 104 valence electrons. The molecular weight excluding hydrogens is 268 g/mol. The van der Waals surface area contributed by atoms with Crippen LogP contribution in [0.5, 0.6) is 11.5 Å². The summed E-state index contributed by atoms with van der Waals surface area (Å²) < 4.78 is 36.5. The number of ether oxygens (including phenoxy) is 2. The van der Waals surface area contributed by atoms with Gasteiger partial charge in [0.1, 0.15) is 5.56 Å². The minimum Gasteiger partial charge on any atom is -0.465 e. The van der Waals surface area contributed by atoms with Gasteiger partial charge in [-0.05, 0) is 24.3 Å². The Kier molecular flexibility index (Phi) is 3.84. The van der Waals surface area contributed by atoms with E-state index in [1.807, 2.05) is 0 Å². The first kappa shape index (κ1) is 13.8. The summed E-state index contributed by atoms with van der Waals surface area (Å²) >= 11 is 0. The summed E-state index contributed by atoms with van der Waals surface area (Å²) in [5, 5.41) is 0.